The fraction of sp³-hybridized carbons (Fsp3) is 0.500. The summed E-state index contributed by atoms with van der Waals surface area (Å²) in [5, 5.41) is 0. The van der Waals surface area contributed by atoms with E-state index in [1.807, 2.05) is 23.1 Å². The van der Waals surface area contributed by atoms with E-state index in [0.29, 0.717) is 57.0 Å². The van der Waals surface area contributed by atoms with E-state index in [1.54, 1.807) is 20.3 Å². The average molecular weight is 412 g/mol. The molecule has 0 unspecified atom stereocenters. The van der Waals surface area contributed by atoms with Crippen LogP contribution >= 0.6 is 0 Å². The minimum atomic E-state index is -0.309. The molecule has 1 aromatic heterocycles. The van der Waals surface area contributed by atoms with Gasteiger partial charge in [-0.05, 0) is 12.5 Å². The second-order valence-electron chi connectivity index (χ2n) is 8.01. The van der Waals surface area contributed by atoms with Crippen molar-refractivity contribution in [2.24, 2.45) is 5.41 Å². The van der Waals surface area contributed by atoms with Gasteiger partial charge in [0.05, 0.1) is 39.5 Å². The summed E-state index contributed by atoms with van der Waals surface area (Å²) in [6.07, 6.45) is 0.446. The topological polar surface area (TPSA) is 77.0 Å². The first-order chi connectivity index (χ1) is 14.5. The van der Waals surface area contributed by atoms with Crippen molar-refractivity contribution in [3.05, 3.63) is 42.0 Å². The largest absolute Gasteiger partial charge is 0.481 e. The van der Waals surface area contributed by atoms with E-state index in [1.165, 1.54) is 0 Å². The smallest absolute Gasteiger partial charge is 0.232 e. The Bertz CT molecular complexity index is 872. The molecule has 0 aliphatic carbocycles. The van der Waals surface area contributed by atoms with Crippen LogP contribution in [0.5, 0.6) is 11.8 Å². The van der Waals surface area contributed by atoms with E-state index < -0.39 is 0 Å². The summed E-state index contributed by atoms with van der Waals surface area (Å²) in [6.45, 7) is 5.08. The lowest BCUT2D eigenvalue weighted by molar-refractivity contribution is -0.129. The number of hydrogen-bond acceptors (Lipinski definition) is 7. The number of hydrogen-bond donors (Lipinski definition) is 0. The summed E-state index contributed by atoms with van der Waals surface area (Å²) in [7, 11) is 3.13. The molecule has 2 atom stereocenters. The summed E-state index contributed by atoms with van der Waals surface area (Å²) in [6, 6.07) is 11.8. The third-order valence-electron chi connectivity index (χ3n) is 5.91. The molecule has 160 valence electrons. The van der Waals surface area contributed by atoms with Crippen molar-refractivity contribution in [1.29, 1.82) is 0 Å². The van der Waals surface area contributed by atoms with Crippen LogP contribution in [-0.2, 0) is 9.53 Å². The molecule has 2 fully saturated rings. The zero-order valence-corrected chi connectivity index (χ0v) is 17.7. The van der Waals surface area contributed by atoms with Crippen LogP contribution in [0.1, 0.15) is 24.9 Å². The molecule has 1 spiro atoms. The maximum Gasteiger partial charge on any atom is 0.232 e. The van der Waals surface area contributed by atoms with E-state index in [2.05, 4.69) is 33.9 Å². The van der Waals surface area contributed by atoms with Gasteiger partial charge in [-0.1, -0.05) is 30.3 Å². The molecule has 0 saturated carbocycles. The Morgan fingerprint density at radius 2 is 1.80 bits per heavy atom. The summed E-state index contributed by atoms with van der Waals surface area (Å²) < 4.78 is 16.5. The molecule has 2 saturated heterocycles. The standard InChI is InChI=1S/C22H28N4O4/c1-16(17-7-5-4-6-8-17)26-14-22(12-20(26)27)13-25(9-10-30-15-22)21-23-18(28-2)11-19(24-21)29-3/h4-8,11,16H,9-10,12-15H2,1-3H3/t16-,22+/m1/s1. The minimum Gasteiger partial charge on any atom is -0.481 e. The summed E-state index contributed by atoms with van der Waals surface area (Å²) >= 11 is 0. The van der Waals surface area contributed by atoms with Gasteiger partial charge in [-0.15, -0.1) is 0 Å². The Hall–Kier alpha value is -2.87. The van der Waals surface area contributed by atoms with E-state index in [-0.39, 0.29) is 17.4 Å². The lowest BCUT2D eigenvalue weighted by atomic mass is 9.87. The van der Waals surface area contributed by atoms with Crippen LogP contribution in [0, 0.1) is 5.41 Å². The van der Waals surface area contributed by atoms with Crippen molar-refractivity contribution in [3.63, 3.8) is 0 Å². The Morgan fingerprint density at radius 1 is 1.10 bits per heavy atom. The maximum atomic E-state index is 13.0. The molecule has 4 rings (SSSR count). The SMILES string of the molecule is COc1cc(OC)nc(N2CCOC[C@@]3(CC(=O)N([C@H](C)c4ccccc4)C3)C2)n1. The summed E-state index contributed by atoms with van der Waals surface area (Å²) in [5.74, 6) is 1.56. The first kappa shape index (κ1) is 20.4. The molecule has 0 N–H and O–H groups in total. The fourth-order valence-corrected chi connectivity index (χ4v) is 4.30. The predicted molar refractivity (Wildman–Crippen MR) is 112 cm³/mol. The first-order valence-corrected chi connectivity index (χ1v) is 10.2. The van der Waals surface area contributed by atoms with Crippen LogP contribution in [0.15, 0.2) is 36.4 Å². The lowest BCUT2D eigenvalue weighted by Gasteiger charge is -2.33. The number of benzene rings is 1. The normalized spacial score (nSPS) is 22.8. The number of methoxy groups -OCH3 is 2. The number of rotatable bonds is 5. The highest BCUT2D eigenvalue weighted by molar-refractivity contribution is 5.80. The van der Waals surface area contributed by atoms with Gasteiger partial charge < -0.3 is 24.0 Å². The zero-order valence-electron chi connectivity index (χ0n) is 17.7. The molecule has 0 bridgehead atoms. The molecule has 8 nitrogen and oxygen atoms in total. The molecule has 1 amide bonds. The van der Waals surface area contributed by atoms with Gasteiger partial charge in [-0.3, -0.25) is 4.79 Å². The highest BCUT2D eigenvalue weighted by Gasteiger charge is 2.47. The molecule has 8 heteroatoms. The number of likely N-dealkylation sites (tertiary alicyclic amines) is 1. The fourth-order valence-electron chi connectivity index (χ4n) is 4.30. The van der Waals surface area contributed by atoms with E-state index in [9.17, 15) is 4.79 Å². The number of anilines is 1. The summed E-state index contributed by atoms with van der Waals surface area (Å²) in [4.78, 5) is 26.0. The maximum absolute atomic E-state index is 13.0. The van der Waals surface area contributed by atoms with Crippen LogP contribution in [0.4, 0.5) is 5.95 Å². The Kier molecular flexibility index (Phi) is 5.76. The second-order valence-corrected chi connectivity index (χ2v) is 8.01. The molecule has 3 heterocycles. The Labute approximate surface area is 176 Å². The quantitative estimate of drug-likeness (QED) is 0.746. The molecular formula is C22H28N4O4. The number of carbonyl (C=O) groups is 1. The van der Waals surface area contributed by atoms with Crippen LogP contribution in [0.2, 0.25) is 0 Å². The van der Waals surface area contributed by atoms with Gasteiger partial charge in [-0.25, -0.2) is 0 Å². The highest BCUT2D eigenvalue weighted by atomic mass is 16.5. The van der Waals surface area contributed by atoms with E-state index >= 15 is 0 Å². The van der Waals surface area contributed by atoms with Crippen LogP contribution in [0.25, 0.3) is 0 Å². The number of aromatic nitrogens is 2. The molecule has 2 aromatic rings. The number of nitrogens with zero attached hydrogens (tertiary/aromatic N) is 4. The highest BCUT2D eigenvalue weighted by Crippen LogP contribution is 2.39. The predicted octanol–water partition coefficient (Wildman–Crippen LogP) is 2.31. The van der Waals surface area contributed by atoms with Gasteiger partial charge in [0.2, 0.25) is 23.6 Å². The molecule has 30 heavy (non-hydrogen) atoms. The Morgan fingerprint density at radius 3 is 2.47 bits per heavy atom. The van der Waals surface area contributed by atoms with Gasteiger partial charge >= 0.3 is 0 Å². The van der Waals surface area contributed by atoms with Crippen LogP contribution < -0.4 is 14.4 Å². The minimum absolute atomic E-state index is 0.0166. The van der Waals surface area contributed by atoms with Gasteiger partial charge in [0, 0.05) is 31.5 Å². The second kappa shape index (κ2) is 8.47. The number of ether oxygens (including phenoxy) is 3. The van der Waals surface area contributed by atoms with Crippen molar-refractivity contribution in [3.8, 4) is 11.8 Å². The molecule has 2 aliphatic heterocycles. The lowest BCUT2D eigenvalue weighted by Crippen LogP contribution is -2.41. The van der Waals surface area contributed by atoms with Gasteiger partial charge in [0.15, 0.2) is 0 Å². The summed E-state index contributed by atoms with van der Waals surface area (Å²) in [5.41, 5.74) is 0.825. The molecule has 2 aliphatic rings. The van der Waals surface area contributed by atoms with Gasteiger partial charge in [0.1, 0.15) is 0 Å². The molecule has 1 aromatic carbocycles. The van der Waals surface area contributed by atoms with Crippen molar-refractivity contribution in [1.82, 2.24) is 14.9 Å². The number of amides is 1. The van der Waals surface area contributed by atoms with Crippen LogP contribution in [-0.4, -0.2) is 67.8 Å². The van der Waals surface area contributed by atoms with Gasteiger partial charge in [0.25, 0.3) is 0 Å². The van der Waals surface area contributed by atoms with Crippen molar-refractivity contribution < 1.29 is 19.0 Å². The third kappa shape index (κ3) is 4.05. The average Bonchev–Trinajstić information content (AvgIpc) is 2.96. The molecule has 0 radical (unpaired) electrons. The first-order valence-electron chi connectivity index (χ1n) is 10.2. The Balaban J connectivity index is 1.58. The zero-order chi connectivity index (χ0) is 21.1. The molecular weight excluding hydrogens is 384 g/mol. The van der Waals surface area contributed by atoms with E-state index in [0.717, 1.165) is 5.56 Å². The number of carbonyl (C=O) groups excluding carboxylic acids is 1. The monoisotopic (exact) mass is 412 g/mol. The third-order valence-corrected chi connectivity index (χ3v) is 5.91. The van der Waals surface area contributed by atoms with Crippen molar-refractivity contribution in [2.45, 2.75) is 19.4 Å². The van der Waals surface area contributed by atoms with E-state index in [4.69, 9.17) is 14.2 Å². The van der Waals surface area contributed by atoms with Crippen molar-refractivity contribution in [2.75, 3.05) is 52.0 Å². The van der Waals surface area contributed by atoms with Crippen molar-refractivity contribution >= 4 is 11.9 Å². The van der Waals surface area contributed by atoms with Gasteiger partial charge in [-0.2, -0.15) is 9.97 Å². The van der Waals surface area contributed by atoms with Crippen LogP contribution in [0.3, 0.4) is 0 Å².